The van der Waals surface area contributed by atoms with Gasteiger partial charge in [-0.1, -0.05) is 13.0 Å². The first-order chi connectivity index (χ1) is 7.83. The maximum absolute atomic E-state index is 13.6. The summed E-state index contributed by atoms with van der Waals surface area (Å²) in [6, 6.07) is 4.69. The minimum atomic E-state index is -0.796. The van der Waals surface area contributed by atoms with Crippen LogP contribution in [0.1, 0.15) is 26.3 Å². The summed E-state index contributed by atoms with van der Waals surface area (Å²) in [6.07, 6.45) is 0. The molecule has 0 saturated heterocycles. The number of likely N-dealkylation sites (N-methyl/N-ethyl adjacent to an activating group) is 1. The Balaban J connectivity index is 2.81. The molecule has 0 aromatic heterocycles. The first-order valence-electron chi connectivity index (χ1n) is 5.81. The van der Waals surface area contributed by atoms with Gasteiger partial charge in [-0.3, -0.25) is 4.90 Å². The van der Waals surface area contributed by atoms with E-state index in [0.29, 0.717) is 24.3 Å². The Morgan fingerprint density at radius 2 is 2.06 bits per heavy atom. The highest BCUT2D eigenvalue weighted by Crippen LogP contribution is 2.18. The Labute approximate surface area is 102 Å². The van der Waals surface area contributed by atoms with Crippen LogP contribution in [0, 0.1) is 5.82 Å². The highest BCUT2D eigenvalue weighted by molar-refractivity contribution is 5.47. The molecule has 1 rings (SSSR count). The molecule has 0 radical (unpaired) electrons. The highest BCUT2D eigenvalue weighted by atomic mass is 19.1. The molecule has 4 heteroatoms. The molecule has 17 heavy (non-hydrogen) atoms. The number of nitrogens with two attached hydrogens (primary N) is 1. The van der Waals surface area contributed by atoms with E-state index in [1.807, 2.05) is 11.8 Å². The fourth-order valence-electron chi connectivity index (χ4n) is 1.79. The van der Waals surface area contributed by atoms with E-state index in [4.69, 9.17) is 5.73 Å². The van der Waals surface area contributed by atoms with Crippen molar-refractivity contribution in [2.75, 3.05) is 18.8 Å². The molecule has 0 spiro atoms. The number of aliphatic hydroxyl groups is 1. The number of rotatable bonds is 5. The van der Waals surface area contributed by atoms with Crippen molar-refractivity contribution in [3.63, 3.8) is 0 Å². The predicted molar refractivity (Wildman–Crippen MR) is 68.1 cm³/mol. The van der Waals surface area contributed by atoms with Gasteiger partial charge in [0, 0.05) is 24.3 Å². The SMILES string of the molecule is CCN(Cc1c(N)cccc1F)CC(C)(C)O. The minimum Gasteiger partial charge on any atom is -0.398 e. The van der Waals surface area contributed by atoms with Crippen molar-refractivity contribution >= 4 is 5.69 Å². The van der Waals surface area contributed by atoms with Gasteiger partial charge in [0.05, 0.1) is 5.60 Å². The minimum absolute atomic E-state index is 0.292. The van der Waals surface area contributed by atoms with Gasteiger partial charge in [-0.05, 0) is 32.5 Å². The zero-order chi connectivity index (χ0) is 13.1. The monoisotopic (exact) mass is 240 g/mol. The van der Waals surface area contributed by atoms with Crippen LogP contribution in [0.25, 0.3) is 0 Å². The zero-order valence-corrected chi connectivity index (χ0v) is 10.7. The molecule has 0 saturated carbocycles. The van der Waals surface area contributed by atoms with E-state index in [1.54, 1.807) is 26.0 Å². The molecule has 96 valence electrons. The van der Waals surface area contributed by atoms with Gasteiger partial charge in [0.25, 0.3) is 0 Å². The summed E-state index contributed by atoms with van der Waals surface area (Å²) in [5.74, 6) is -0.292. The third kappa shape index (κ3) is 4.32. The number of benzene rings is 1. The second-order valence-corrected chi connectivity index (χ2v) is 4.92. The molecule has 0 heterocycles. The van der Waals surface area contributed by atoms with E-state index in [9.17, 15) is 9.50 Å². The maximum Gasteiger partial charge on any atom is 0.129 e. The highest BCUT2D eigenvalue weighted by Gasteiger charge is 2.19. The van der Waals surface area contributed by atoms with E-state index in [0.717, 1.165) is 6.54 Å². The summed E-state index contributed by atoms with van der Waals surface area (Å²) in [7, 11) is 0. The number of hydrogen-bond donors (Lipinski definition) is 2. The molecule has 0 unspecified atom stereocenters. The lowest BCUT2D eigenvalue weighted by molar-refractivity contribution is 0.0351. The van der Waals surface area contributed by atoms with Gasteiger partial charge in [0.1, 0.15) is 5.82 Å². The van der Waals surface area contributed by atoms with Gasteiger partial charge < -0.3 is 10.8 Å². The summed E-state index contributed by atoms with van der Waals surface area (Å²) >= 11 is 0. The smallest absolute Gasteiger partial charge is 0.129 e. The largest absolute Gasteiger partial charge is 0.398 e. The van der Waals surface area contributed by atoms with Crippen molar-refractivity contribution in [2.24, 2.45) is 0 Å². The number of nitrogen functional groups attached to an aromatic ring is 1. The lowest BCUT2D eigenvalue weighted by Gasteiger charge is -2.28. The number of anilines is 1. The maximum atomic E-state index is 13.6. The summed E-state index contributed by atoms with van der Waals surface area (Å²) in [4.78, 5) is 1.97. The Bertz CT molecular complexity index is 354. The van der Waals surface area contributed by atoms with Crippen molar-refractivity contribution in [3.8, 4) is 0 Å². The molecule has 0 atom stereocenters. The van der Waals surface area contributed by atoms with Crippen LogP contribution in [0.4, 0.5) is 10.1 Å². The second kappa shape index (κ2) is 5.47. The molecule has 0 aliphatic rings. The Morgan fingerprint density at radius 3 is 2.53 bits per heavy atom. The molecular formula is C13H21FN2O. The van der Waals surface area contributed by atoms with Gasteiger partial charge in [-0.2, -0.15) is 0 Å². The van der Waals surface area contributed by atoms with Crippen LogP contribution >= 0.6 is 0 Å². The van der Waals surface area contributed by atoms with Crippen LogP contribution < -0.4 is 5.73 Å². The van der Waals surface area contributed by atoms with Gasteiger partial charge in [0.15, 0.2) is 0 Å². The van der Waals surface area contributed by atoms with Crippen molar-refractivity contribution in [2.45, 2.75) is 32.9 Å². The van der Waals surface area contributed by atoms with E-state index in [1.165, 1.54) is 6.07 Å². The van der Waals surface area contributed by atoms with Gasteiger partial charge >= 0.3 is 0 Å². The van der Waals surface area contributed by atoms with Crippen molar-refractivity contribution in [1.82, 2.24) is 4.90 Å². The van der Waals surface area contributed by atoms with Crippen LogP contribution in [0.2, 0.25) is 0 Å². The standard InChI is InChI=1S/C13H21FN2O/c1-4-16(9-13(2,3)17)8-10-11(14)6-5-7-12(10)15/h5-7,17H,4,8-9,15H2,1-3H3. The van der Waals surface area contributed by atoms with Crippen molar-refractivity contribution in [1.29, 1.82) is 0 Å². The topological polar surface area (TPSA) is 49.5 Å². The molecule has 3 nitrogen and oxygen atoms in total. The Hall–Kier alpha value is -1.13. The van der Waals surface area contributed by atoms with E-state index >= 15 is 0 Å². The fraction of sp³-hybridized carbons (Fsp3) is 0.538. The molecule has 0 aliphatic carbocycles. The van der Waals surface area contributed by atoms with E-state index in [2.05, 4.69) is 0 Å². The zero-order valence-electron chi connectivity index (χ0n) is 10.7. The molecule has 3 N–H and O–H groups in total. The summed E-state index contributed by atoms with van der Waals surface area (Å²) in [5, 5.41) is 9.77. The summed E-state index contributed by atoms with van der Waals surface area (Å²) in [5.41, 5.74) is 5.92. The number of halogens is 1. The summed E-state index contributed by atoms with van der Waals surface area (Å²) in [6.45, 7) is 7.08. The Morgan fingerprint density at radius 1 is 1.41 bits per heavy atom. The third-order valence-corrected chi connectivity index (χ3v) is 2.59. The lowest BCUT2D eigenvalue weighted by atomic mass is 10.1. The van der Waals surface area contributed by atoms with Crippen molar-refractivity contribution < 1.29 is 9.50 Å². The van der Waals surface area contributed by atoms with Crippen LogP contribution in [0.5, 0.6) is 0 Å². The van der Waals surface area contributed by atoms with Crippen LogP contribution in [0.3, 0.4) is 0 Å². The first kappa shape index (κ1) is 13.9. The molecular weight excluding hydrogens is 219 g/mol. The molecule has 0 bridgehead atoms. The van der Waals surface area contributed by atoms with Crippen LogP contribution in [0.15, 0.2) is 18.2 Å². The average Bonchev–Trinajstić information content (AvgIpc) is 2.20. The second-order valence-electron chi connectivity index (χ2n) is 4.92. The van der Waals surface area contributed by atoms with Crippen LogP contribution in [-0.2, 0) is 6.54 Å². The third-order valence-electron chi connectivity index (χ3n) is 2.59. The quantitative estimate of drug-likeness (QED) is 0.774. The van der Waals surface area contributed by atoms with Gasteiger partial charge in [-0.15, -0.1) is 0 Å². The van der Waals surface area contributed by atoms with E-state index < -0.39 is 5.60 Å². The van der Waals surface area contributed by atoms with Gasteiger partial charge in [-0.25, -0.2) is 4.39 Å². The Kier molecular flexibility index (Phi) is 4.48. The predicted octanol–water partition coefficient (Wildman–Crippen LogP) is 2.00. The fourth-order valence-corrected chi connectivity index (χ4v) is 1.79. The first-order valence-corrected chi connectivity index (χ1v) is 5.81. The molecule has 1 aromatic carbocycles. The average molecular weight is 240 g/mol. The lowest BCUT2D eigenvalue weighted by Crippen LogP contribution is -2.38. The molecule has 0 aliphatic heterocycles. The van der Waals surface area contributed by atoms with Gasteiger partial charge in [0.2, 0.25) is 0 Å². The van der Waals surface area contributed by atoms with Crippen LogP contribution in [-0.4, -0.2) is 28.7 Å². The number of hydrogen-bond acceptors (Lipinski definition) is 3. The number of nitrogens with zero attached hydrogens (tertiary/aromatic N) is 1. The normalized spacial score (nSPS) is 12.1. The molecule has 0 fully saturated rings. The molecule has 0 amide bonds. The van der Waals surface area contributed by atoms with Crippen molar-refractivity contribution in [3.05, 3.63) is 29.6 Å². The summed E-state index contributed by atoms with van der Waals surface area (Å²) < 4.78 is 13.6. The molecule has 1 aromatic rings. The van der Waals surface area contributed by atoms with E-state index in [-0.39, 0.29) is 5.82 Å².